The van der Waals surface area contributed by atoms with E-state index in [9.17, 15) is 5.11 Å². The van der Waals surface area contributed by atoms with Gasteiger partial charge in [0.15, 0.2) is 0 Å². The summed E-state index contributed by atoms with van der Waals surface area (Å²) in [6.45, 7) is 7.97. The van der Waals surface area contributed by atoms with Crippen LogP contribution >= 0.6 is 0 Å². The van der Waals surface area contributed by atoms with Crippen LogP contribution in [-0.2, 0) is 7.05 Å². The second kappa shape index (κ2) is 4.33. The van der Waals surface area contributed by atoms with Gasteiger partial charge in [0.1, 0.15) is 5.82 Å². The Balaban J connectivity index is 3.06. The number of nitrogens with two attached hydrogens (primary N) is 1. The summed E-state index contributed by atoms with van der Waals surface area (Å²) in [5.41, 5.74) is 7.19. The second-order valence-corrected chi connectivity index (χ2v) is 5.09. The molecule has 0 aliphatic heterocycles. The lowest BCUT2D eigenvalue weighted by Gasteiger charge is -2.25. The van der Waals surface area contributed by atoms with Crippen LogP contribution in [0, 0.1) is 0 Å². The molecule has 16 heavy (non-hydrogen) atoms. The standard InChI is InChI=1S/C11H22N4O/c1-7(2)9-8(12)10(15(5)14-9)13-11(3,4)6-16/h7,13,16H,6,12H2,1-5H3. The van der Waals surface area contributed by atoms with Crippen LogP contribution < -0.4 is 11.1 Å². The minimum absolute atomic E-state index is 0.0363. The first-order valence-corrected chi connectivity index (χ1v) is 5.50. The molecule has 0 bridgehead atoms. The SMILES string of the molecule is CC(C)c1nn(C)c(NC(C)(C)CO)c1N. The molecular weight excluding hydrogens is 204 g/mol. The van der Waals surface area contributed by atoms with Crippen LogP contribution in [0.3, 0.4) is 0 Å². The van der Waals surface area contributed by atoms with Gasteiger partial charge < -0.3 is 16.2 Å². The maximum absolute atomic E-state index is 9.22. The summed E-state index contributed by atoms with van der Waals surface area (Å²) in [5.74, 6) is 1.06. The summed E-state index contributed by atoms with van der Waals surface area (Å²) < 4.78 is 1.72. The molecule has 1 aromatic heterocycles. The van der Waals surface area contributed by atoms with Crippen molar-refractivity contribution in [2.45, 2.75) is 39.2 Å². The van der Waals surface area contributed by atoms with Crippen molar-refractivity contribution in [2.24, 2.45) is 7.05 Å². The summed E-state index contributed by atoms with van der Waals surface area (Å²) in [5, 5.41) is 16.8. The zero-order valence-electron chi connectivity index (χ0n) is 10.7. The molecule has 1 aromatic rings. The number of nitrogens with zero attached hydrogens (tertiary/aromatic N) is 2. The fourth-order valence-electron chi connectivity index (χ4n) is 1.50. The van der Waals surface area contributed by atoms with E-state index in [2.05, 4.69) is 24.3 Å². The van der Waals surface area contributed by atoms with Crippen LogP contribution in [-0.4, -0.2) is 27.0 Å². The number of hydrogen-bond donors (Lipinski definition) is 3. The molecule has 5 heteroatoms. The number of aliphatic hydroxyl groups is 1. The number of anilines is 2. The molecule has 0 amide bonds. The van der Waals surface area contributed by atoms with Crippen LogP contribution in [0.4, 0.5) is 11.5 Å². The van der Waals surface area contributed by atoms with E-state index in [1.807, 2.05) is 20.9 Å². The maximum Gasteiger partial charge on any atom is 0.148 e. The minimum atomic E-state index is -0.407. The molecule has 92 valence electrons. The third-order valence-electron chi connectivity index (χ3n) is 2.51. The van der Waals surface area contributed by atoms with E-state index in [1.165, 1.54) is 0 Å². The number of hydrogen-bond acceptors (Lipinski definition) is 4. The van der Waals surface area contributed by atoms with Gasteiger partial charge in [0.2, 0.25) is 0 Å². The number of aromatic nitrogens is 2. The topological polar surface area (TPSA) is 76.1 Å². The quantitative estimate of drug-likeness (QED) is 0.723. The van der Waals surface area contributed by atoms with Crippen LogP contribution in [0.2, 0.25) is 0 Å². The van der Waals surface area contributed by atoms with Gasteiger partial charge >= 0.3 is 0 Å². The monoisotopic (exact) mass is 226 g/mol. The van der Waals surface area contributed by atoms with E-state index in [1.54, 1.807) is 4.68 Å². The van der Waals surface area contributed by atoms with E-state index < -0.39 is 5.54 Å². The van der Waals surface area contributed by atoms with Crippen molar-refractivity contribution in [2.75, 3.05) is 17.7 Å². The van der Waals surface area contributed by atoms with Crippen molar-refractivity contribution in [3.8, 4) is 0 Å². The summed E-state index contributed by atoms with van der Waals surface area (Å²) in [4.78, 5) is 0. The van der Waals surface area contributed by atoms with Gasteiger partial charge in [0, 0.05) is 7.05 Å². The van der Waals surface area contributed by atoms with Gasteiger partial charge in [-0.05, 0) is 19.8 Å². The predicted molar refractivity (Wildman–Crippen MR) is 66.5 cm³/mol. The number of nitrogens with one attached hydrogen (secondary N) is 1. The Hall–Kier alpha value is -1.23. The number of aliphatic hydroxyl groups excluding tert-OH is 1. The molecule has 0 saturated carbocycles. The molecule has 0 fully saturated rings. The Bertz CT molecular complexity index is 368. The van der Waals surface area contributed by atoms with Crippen molar-refractivity contribution in [3.63, 3.8) is 0 Å². The number of rotatable bonds is 4. The van der Waals surface area contributed by atoms with Gasteiger partial charge in [-0.1, -0.05) is 13.8 Å². The van der Waals surface area contributed by atoms with Crippen molar-refractivity contribution >= 4 is 11.5 Å². The molecule has 0 aliphatic rings. The maximum atomic E-state index is 9.22. The average Bonchev–Trinajstić information content (AvgIpc) is 2.45. The van der Waals surface area contributed by atoms with Crippen molar-refractivity contribution in [1.82, 2.24) is 9.78 Å². The number of nitrogen functional groups attached to an aromatic ring is 1. The van der Waals surface area contributed by atoms with Gasteiger partial charge in [-0.3, -0.25) is 4.68 Å². The smallest absolute Gasteiger partial charge is 0.148 e. The Labute approximate surface area is 96.6 Å². The highest BCUT2D eigenvalue weighted by Crippen LogP contribution is 2.29. The minimum Gasteiger partial charge on any atom is -0.394 e. The number of aryl methyl sites for hydroxylation is 1. The van der Waals surface area contributed by atoms with E-state index >= 15 is 0 Å². The molecule has 0 aromatic carbocycles. The summed E-state index contributed by atoms with van der Waals surface area (Å²) in [7, 11) is 1.85. The summed E-state index contributed by atoms with van der Waals surface area (Å²) in [6.07, 6.45) is 0. The third-order valence-corrected chi connectivity index (χ3v) is 2.51. The lowest BCUT2D eigenvalue weighted by molar-refractivity contribution is 0.233. The molecule has 0 spiro atoms. The Morgan fingerprint density at radius 3 is 2.44 bits per heavy atom. The molecule has 0 saturated heterocycles. The summed E-state index contributed by atoms with van der Waals surface area (Å²) in [6, 6.07) is 0. The third kappa shape index (κ3) is 2.47. The molecule has 1 rings (SSSR count). The largest absolute Gasteiger partial charge is 0.394 e. The first-order valence-electron chi connectivity index (χ1n) is 5.50. The lowest BCUT2D eigenvalue weighted by atomic mass is 10.1. The molecule has 0 atom stereocenters. The van der Waals surface area contributed by atoms with E-state index in [0.717, 1.165) is 11.5 Å². The van der Waals surface area contributed by atoms with Crippen molar-refractivity contribution < 1.29 is 5.11 Å². The molecule has 4 N–H and O–H groups in total. The normalized spacial score (nSPS) is 12.2. The van der Waals surface area contributed by atoms with Gasteiger partial charge in [-0.15, -0.1) is 0 Å². The fourth-order valence-corrected chi connectivity index (χ4v) is 1.50. The van der Waals surface area contributed by atoms with Gasteiger partial charge in [0.25, 0.3) is 0 Å². The highest BCUT2D eigenvalue weighted by molar-refractivity contribution is 5.66. The molecule has 5 nitrogen and oxygen atoms in total. The van der Waals surface area contributed by atoms with Crippen molar-refractivity contribution in [1.29, 1.82) is 0 Å². The Morgan fingerprint density at radius 1 is 1.50 bits per heavy atom. The molecule has 1 heterocycles. The van der Waals surface area contributed by atoms with Gasteiger partial charge in [0.05, 0.1) is 23.5 Å². The van der Waals surface area contributed by atoms with Crippen LogP contribution in [0.25, 0.3) is 0 Å². The predicted octanol–water partition coefficient (Wildman–Crippen LogP) is 1.31. The van der Waals surface area contributed by atoms with E-state index in [0.29, 0.717) is 11.6 Å². The van der Waals surface area contributed by atoms with E-state index in [-0.39, 0.29) is 6.61 Å². The molecule has 0 aliphatic carbocycles. The average molecular weight is 226 g/mol. The summed E-state index contributed by atoms with van der Waals surface area (Å²) >= 11 is 0. The zero-order chi connectivity index (χ0) is 12.5. The van der Waals surface area contributed by atoms with Gasteiger partial charge in [-0.25, -0.2) is 0 Å². The lowest BCUT2D eigenvalue weighted by Crippen LogP contribution is -2.36. The second-order valence-electron chi connectivity index (χ2n) is 5.09. The Morgan fingerprint density at radius 2 is 2.06 bits per heavy atom. The highest BCUT2D eigenvalue weighted by Gasteiger charge is 2.22. The highest BCUT2D eigenvalue weighted by atomic mass is 16.3. The van der Waals surface area contributed by atoms with Crippen LogP contribution in [0.1, 0.15) is 39.3 Å². The molecule has 0 radical (unpaired) electrons. The Kier molecular flexibility index (Phi) is 3.48. The zero-order valence-corrected chi connectivity index (χ0v) is 10.7. The van der Waals surface area contributed by atoms with Crippen LogP contribution in [0.5, 0.6) is 0 Å². The molecular formula is C11H22N4O. The van der Waals surface area contributed by atoms with E-state index in [4.69, 9.17) is 5.73 Å². The molecule has 0 unspecified atom stereocenters. The van der Waals surface area contributed by atoms with Crippen molar-refractivity contribution in [3.05, 3.63) is 5.69 Å². The fraction of sp³-hybridized carbons (Fsp3) is 0.727. The van der Waals surface area contributed by atoms with Gasteiger partial charge in [-0.2, -0.15) is 5.10 Å². The van der Waals surface area contributed by atoms with Crippen LogP contribution in [0.15, 0.2) is 0 Å². The first-order chi connectivity index (χ1) is 7.28. The first kappa shape index (κ1) is 12.8.